The van der Waals surface area contributed by atoms with Crippen LogP contribution in [0.25, 0.3) is 6.08 Å². The lowest BCUT2D eigenvalue weighted by molar-refractivity contribution is -0.116. The molecule has 0 aromatic heterocycles. The highest BCUT2D eigenvalue weighted by molar-refractivity contribution is 5.87. The molecule has 0 atom stereocenters. The number of hydrogen-bond donors (Lipinski definition) is 1. The molecule has 0 spiro atoms. The van der Waals surface area contributed by atoms with Gasteiger partial charge in [-0.05, 0) is 17.7 Å². The molecule has 3 heteroatoms. The van der Waals surface area contributed by atoms with Crippen LogP contribution >= 0.6 is 0 Å². The zero-order valence-electron chi connectivity index (χ0n) is 9.44. The normalized spacial score (nSPS) is 10.9. The monoisotopic (exact) mass is 217 g/mol. The van der Waals surface area contributed by atoms with Gasteiger partial charge in [-0.2, -0.15) is 0 Å². The minimum atomic E-state index is -0.112. The molecule has 0 aliphatic rings. The Labute approximate surface area is 95.4 Å². The summed E-state index contributed by atoms with van der Waals surface area (Å²) in [6, 6.07) is 7.68. The standard InChI is InChI=1S/C13H15NO2/c1-14-13(15)6-4-3-5-11-7-9-12(16-2)10-8-11/h3-10H,1-2H3,(H,14,15)/b5-3+,6-4+. The van der Waals surface area contributed by atoms with E-state index in [1.165, 1.54) is 6.08 Å². The third kappa shape index (κ3) is 4.00. The topological polar surface area (TPSA) is 38.3 Å². The van der Waals surface area contributed by atoms with E-state index >= 15 is 0 Å². The van der Waals surface area contributed by atoms with Gasteiger partial charge in [0.15, 0.2) is 0 Å². The number of rotatable bonds is 4. The fraction of sp³-hybridized carbons (Fsp3) is 0.154. The molecule has 0 radical (unpaired) electrons. The lowest BCUT2D eigenvalue weighted by atomic mass is 10.2. The van der Waals surface area contributed by atoms with Crippen LogP contribution in [-0.2, 0) is 4.79 Å². The fourth-order valence-electron chi connectivity index (χ4n) is 1.11. The number of carbonyl (C=O) groups is 1. The summed E-state index contributed by atoms with van der Waals surface area (Å²) in [5.74, 6) is 0.720. The molecule has 1 rings (SSSR count). The Kier molecular flexibility index (Phi) is 4.86. The Morgan fingerprint density at radius 3 is 2.50 bits per heavy atom. The molecular weight excluding hydrogens is 202 g/mol. The van der Waals surface area contributed by atoms with E-state index in [0.717, 1.165) is 11.3 Å². The number of benzene rings is 1. The molecule has 0 aliphatic heterocycles. The van der Waals surface area contributed by atoms with Gasteiger partial charge < -0.3 is 10.1 Å². The number of amides is 1. The van der Waals surface area contributed by atoms with Crippen LogP contribution in [0.15, 0.2) is 42.5 Å². The number of methoxy groups -OCH3 is 1. The van der Waals surface area contributed by atoms with Crippen LogP contribution in [0.2, 0.25) is 0 Å². The van der Waals surface area contributed by atoms with Crippen LogP contribution in [0.3, 0.4) is 0 Å². The van der Waals surface area contributed by atoms with Crippen LogP contribution in [-0.4, -0.2) is 20.1 Å². The highest BCUT2D eigenvalue weighted by Gasteiger charge is 1.89. The summed E-state index contributed by atoms with van der Waals surface area (Å²) in [5, 5.41) is 2.50. The van der Waals surface area contributed by atoms with Gasteiger partial charge in [0.25, 0.3) is 0 Å². The van der Waals surface area contributed by atoms with E-state index in [1.807, 2.05) is 36.4 Å². The molecule has 3 nitrogen and oxygen atoms in total. The van der Waals surface area contributed by atoms with Crippen molar-refractivity contribution in [2.75, 3.05) is 14.2 Å². The third-order valence-electron chi connectivity index (χ3n) is 2.01. The maximum absolute atomic E-state index is 10.9. The van der Waals surface area contributed by atoms with Gasteiger partial charge in [0.1, 0.15) is 5.75 Å². The molecule has 0 heterocycles. The molecule has 0 unspecified atom stereocenters. The molecule has 0 fully saturated rings. The number of ether oxygens (including phenoxy) is 1. The molecule has 1 amide bonds. The molecule has 1 aromatic carbocycles. The summed E-state index contributed by atoms with van der Waals surface area (Å²) < 4.78 is 5.05. The zero-order valence-corrected chi connectivity index (χ0v) is 9.44. The van der Waals surface area contributed by atoms with Crippen LogP contribution in [0.4, 0.5) is 0 Å². The van der Waals surface area contributed by atoms with Gasteiger partial charge >= 0.3 is 0 Å². The van der Waals surface area contributed by atoms with Gasteiger partial charge in [0, 0.05) is 13.1 Å². The van der Waals surface area contributed by atoms with E-state index in [-0.39, 0.29) is 5.91 Å². The van der Waals surface area contributed by atoms with Crippen molar-refractivity contribution in [1.29, 1.82) is 0 Å². The van der Waals surface area contributed by atoms with Crippen LogP contribution in [0.5, 0.6) is 5.75 Å². The Morgan fingerprint density at radius 2 is 1.94 bits per heavy atom. The Morgan fingerprint density at radius 1 is 1.25 bits per heavy atom. The first kappa shape index (κ1) is 12.0. The summed E-state index contributed by atoms with van der Waals surface area (Å²) in [7, 11) is 3.23. The Bertz CT molecular complexity index is 391. The summed E-state index contributed by atoms with van der Waals surface area (Å²) in [6.45, 7) is 0. The molecule has 0 saturated heterocycles. The molecule has 0 saturated carbocycles. The lowest BCUT2D eigenvalue weighted by Crippen LogP contribution is -2.13. The molecule has 1 N–H and O–H groups in total. The molecule has 0 aliphatic carbocycles. The molecule has 0 bridgehead atoms. The van der Waals surface area contributed by atoms with Gasteiger partial charge in [0.2, 0.25) is 5.91 Å². The average molecular weight is 217 g/mol. The minimum absolute atomic E-state index is 0.112. The molecule has 16 heavy (non-hydrogen) atoms. The minimum Gasteiger partial charge on any atom is -0.497 e. The van der Waals surface area contributed by atoms with E-state index in [9.17, 15) is 4.79 Å². The summed E-state index contributed by atoms with van der Waals surface area (Å²) in [4.78, 5) is 10.9. The number of nitrogens with one attached hydrogen (secondary N) is 1. The quantitative estimate of drug-likeness (QED) is 0.619. The van der Waals surface area contributed by atoms with E-state index < -0.39 is 0 Å². The van der Waals surface area contributed by atoms with Gasteiger partial charge in [-0.3, -0.25) is 4.79 Å². The fourth-order valence-corrected chi connectivity index (χ4v) is 1.11. The first-order chi connectivity index (χ1) is 7.76. The molecule has 84 valence electrons. The van der Waals surface area contributed by atoms with Crippen molar-refractivity contribution in [2.24, 2.45) is 0 Å². The van der Waals surface area contributed by atoms with Crippen molar-refractivity contribution in [3.05, 3.63) is 48.1 Å². The molecular formula is C13H15NO2. The van der Waals surface area contributed by atoms with E-state index in [0.29, 0.717) is 0 Å². The van der Waals surface area contributed by atoms with Crippen LogP contribution in [0, 0.1) is 0 Å². The van der Waals surface area contributed by atoms with Crippen molar-refractivity contribution in [3.8, 4) is 5.75 Å². The summed E-state index contributed by atoms with van der Waals surface area (Å²) in [5.41, 5.74) is 1.06. The first-order valence-corrected chi connectivity index (χ1v) is 4.97. The first-order valence-electron chi connectivity index (χ1n) is 4.97. The van der Waals surface area contributed by atoms with Crippen molar-refractivity contribution in [2.45, 2.75) is 0 Å². The third-order valence-corrected chi connectivity index (χ3v) is 2.01. The second-order valence-corrected chi connectivity index (χ2v) is 3.11. The average Bonchev–Trinajstić information content (AvgIpc) is 2.35. The van der Waals surface area contributed by atoms with Crippen molar-refractivity contribution in [1.82, 2.24) is 5.32 Å². The predicted octanol–water partition coefficient (Wildman–Crippen LogP) is 2.01. The predicted molar refractivity (Wildman–Crippen MR) is 65.2 cm³/mol. The van der Waals surface area contributed by atoms with E-state index in [1.54, 1.807) is 20.2 Å². The highest BCUT2D eigenvalue weighted by atomic mass is 16.5. The number of allylic oxidation sites excluding steroid dienone is 2. The zero-order chi connectivity index (χ0) is 11.8. The Hall–Kier alpha value is -2.03. The smallest absolute Gasteiger partial charge is 0.243 e. The van der Waals surface area contributed by atoms with Crippen LogP contribution in [0.1, 0.15) is 5.56 Å². The number of hydrogen-bond acceptors (Lipinski definition) is 2. The van der Waals surface area contributed by atoms with E-state index in [4.69, 9.17) is 4.74 Å². The van der Waals surface area contributed by atoms with E-state index in [2.05, 4.69) is 5.32 Å². The largest absolute Gasteiger partial charge is 0.497 e. The van der Waals surface area contributed by atoms with Gasteiger partial charge in [0.05, 0.1) is 7.11 Å². The maximum Gasteiger partial charge on any atom is 0.243 e. The van der Waals surface area contributed by atoms with Crippen molar-refractivity contribution in [3.63, 3.8) is 0 Å². The van der Waals surface area contributed by atoms with Crippen molar-refractivity contribution < 1.29 is 9.53 Å². The van der Waals surface area contributed by atoms with Gasteiger partial charge in [-0.25, -0.2) is 0 Å². The summed E-state index contributed by atoms with van der Waals surface area (Å²) in [6.07, 6.45) is 6.90. The van der Waals surface area contributed by atoms with Gasteiger partial charge in [-0.15, -0.1) is 0 Å². The van der Waals surface area contributed by atoms with Gasteiger partial charge in [-0.1, -0.05) is 30.4 Å². The second-order valence-electron chi connectivity index (χ2n) is 3.11. The SMILES string of the molecule is CNC(=O)/C=C/C=C/c1ccc(OC)cc1. The maximum atomic E-state index is 10.9. The number of carbonyl (C=O) groups excluding carboxylic acids is 1. The van der Waals surface area contributed by atoms with Crippen LogP contribution < -0.4 is 10.1 Å². The summed E-state index contributed by atoms with van der Waals surface area (Å²) >= 11 is 0. The Balaban J connectivity index is 2.56. The highest BCUT2D eigenvalue weighted by Crippen LogP contribution is 2.12. The lowest BCUT2D eigenvalue weighted by Gasteiger charge is -1.98. The van der Waals surface area contributed by atoms with Crippen molar-refractivity contribution >= 4 is 12.0 Å². The molecule has 1 aromatic rings. The second kappa shape index (κ2) is 6.45. The number of likely N-dealkylation sites (N-methyl/N-ethyl adjacent to an activating group) is 1.